The van der Waals surface area contributed by atoms with Crippen LogP contribution in [0, 0.1) is 0 Å². The maximum Gasteiger partial charge on any atom is 0.255 e. The van der Waals surface area contributed by atoms with Crippen LogP contribution < -0.4 is 10.1 Å². The molecule has 1 aromatic heterocycles. The number of aromatic nitrogens is 1. The van der Waals surface area contributed by atoms with Gasteiger partial charge in [-0.1, -0.05) is 35.9 Å². The number of amides is 2. The Bertz CT molecular complexity index is 1150. The number of aliphatic hydroxyl groups excluding tert-OH is 1. The molecule has 3 aromatic rings. The minimum absolute atomic E-state index is 0.0244. The van der Waals surface area contributed by atoms with Crippen molar-refractivity contribution in [2.75, 3.05) is 25.6 Å². The zero-order valence-corrected chi connectivity index (χ0v) is 19.2. The molecule has 2 amide bonds. The van der Waals surface area contributed by atoms with Gasteiger partial charge < -0.3 is 24.8 Å². The molecule has 1 aliphatic heterocycles. The highest BCUT2D eigenvalue weighted by Gasteiger charge is 2.34. The van der Waals surface area contributed by atoms with Crippen molar-refractivity contribution >= 4 is 29.1 Å². The number of rotatable bonds is 7. The first-order valence-corrected chi connectivity index (χ1v) is 11.0. The summed E-state index contributed by atoms with van der Waals surface area (Å²) in [5.74, 6) is 0.216. The fourth-order valence-corrected chi connectivity index (χ4v) is 3.93. The third kappa shape index (κ3) is 5.53. The minimum Gasteiger partial charge on any atom is -0.497 e. The van der Waals surface area contributed by atoms with E-state index in [0.717, 1.165) is 11.3 Å². The van der Waals surface area contributed by atoms with Crippen LogP contribution in [0.15, 0.2) is 66.9 Å². The van der Waals surface area contributed by atoms with E-state index in [1.807, 2.05) is 24.3 Å². The van der Waals surface area contributed by atoms with Gasteiger partial charge in [-0.2, -0.15) is 0 Å². The average molecular weight is 482 g/mol. The van der Waals surface area contributed by atoms with Crippen molar-refractivity contribution in [2.45, 2.75) is 18.7 Å². The molecule has 0 spiro atoms. The Labute approximate surface area is 202 Å². The smallest absolute Gasteiger partial charge is 0.255 e. The lowest BCUT2D eigenvalue weighted by Crippen LogP contribution is -2.51. The number of anilines is 1. The average Bonchev–Trinajstić information content (AvgIpc) is 2.86. The summed E-state index contributed by atoms with van der Waals surface area (Å²) < 4.78 is 10.6. The molecule has 2 N–H and O–H groups in total. The van der Waals surface area contributed by atoms with Crippen LogP contribution in [0.2, 0.25) is 5.15 Å². The van der Waals surface area contributed by atoms with Gasteiger partial charge in [0.05, 0.1) is 19.8 Å². The Morgan fingerprint density at radius 3 is 2.65 bits per heavy atom. The fraction of sp³-hybridized carbons (Fsp3) is 0.240. The fourth-order valence-electron chi connectivity index (χ4n) is 3.75. The third-order valence-corrected chi connectivity index (χ3v) is 5.82. The third-order valence-electron chi connectivity index (χ3n) is 5.61. The van der Waals surface area contributed by atoms with E-state index in [0.29, 0.717) is 23.4 Å². The van der Waals surface area contributed by atoms with E-state index in [9.17, 15) is 14.7 Å². The van der Waals surface area contributed by atoms with Gasteiger partial charge in [0.15, 0.2) is 0 Å². The van der Waals surface area contributed by atoms with Crippen LogP contribution in [-0.4, -0.2) is 53.2 Å². The quantitative estimate of drug-likeness (QED) is 0.501. The SMILES string of the molecule is COc1ccc(CN2C(=O)COCC2C(O)c2ccc(NC(=O)c3ccnc(Cl)c3)cc2)cc1. The van der Waals surface area contributed by atoms with Crippen LogP contribution >= 0.6 is 11.6 Å². The summed E-state index contributed by atoms with van der Waals surface area (Å²) in [6, 6.07) is 16.7. The number of aliphatic hydroxyl groups is 1. The summed E-state index contributed by atoms with van der Waals surface area (Å²) >= 11 is 5.85. The van der Waals surface area contributed by atoms with Crippen LogP contribution in [0.1, 0.15) is 27.6 Å². The number of benzene rings is 2. The highest BCUT2D eigenvalue weighted by Crippen LogP contribution is 2.27. The number of hydrogen-bond donors (Lipinski definition) is 2. The number of methoxy groups -OCH3 is 1. The van der Waals surface area contributed by atoms with Crippen molar-refractivity contribution in [3.8, 4) is 5.75 Å². The molecule has 0 saturated carbocycles. The largest absolute Gasteiger partial charge is 0.497 e. The molecule has 1 aliphatic rings. The number of nitrogens with one attached hydrogen (secondary N) is 1. The number of halogens is 1. The van der Waals surface area contributed by atoms with Crippen molar-refractivity contribution in [3.63, 3.8) is 0 Å². The summed E-state index contributed by atoms with van der Waals surface area (Å²) in [4.78, 5) is 30.5. The molecule has 2 unspecified atom stereocenters. The molecule has 1 saturated heterocycles. The van der Waals surface area contributed by atoms with E-state index in [-0.39, 0.29) is 30.2 Å². The number of carbonyl (C=O) groups excluding carboxylic acids is 2. The van der Waals surface area contributed by atoms with Gasteiger partial charge in [0, 0.05) is 24.0 Å². The van der Waals surface area contributed by atoms with E-state index in [2.05, 4.69) is 10.3 Å². The number of pyridine rings is 1. The molecule has 4 rings (SSSR count). The zero-order valence-electron chi connectivity index (χ0n) is 18.5. The van der Waals surface area contributed by atoms with Crippen molar-refractivity contribution in [2.24, 2.45) is 0 Å². The standard InChI is InChI=1S/C25H24ClN3O5/c1-33-20-8-2-16(3-9-20)13-29-21(14-34-15-23(29)30)24(31)17-4-6-19(7-5-17)28-25(32)18-10-11-27-22(26)12-18/h2-12,21,24,31H,13-15H2,1H3,(H,28,32). The number of ether oxygens (including phenoxy) is 2. The molecule has 1 fully saturated rings. The highest BCUT2D eigenvalue weighted by molar-refractivity contribution is 6.29. The number of morpholine rings is 1. The van der Waals surface area contributed by atoms with E-state index in [1.54, 1.807) is 42.3 Å². The zero-order chi connectivity index (χ0) is 24.1. The topological polar surface area (TPSA) is 101 Å². The highest BCUT2D eigenvalue weighted by atomic mass is 35.5. The van der Waals surface area contributed by atoms with Gasteiger partial charge >= 0.3 is 0 Å². The van der Waals surface area contributed by atoms with Crippen LogP contribution in [0.4, 0.5) is 5.69 Å². The Balaban J connectivity index is 1.45. The Morgan fingerprint density at radius 1 is 1.24 bits per heavy atom. The van der Waals surface area contributed by atoms with Gasteiger partial charge in [0.1, 0.15) is 23.6 Å². The molecule has 176 valence electrons. The van der Waals surface area contributed by atoms with Gasteiger partial charge in [0.2, 0.25) is 5.91 Å². The van der Waals surface area contributed by atoms with E-state index in [4.69, 9.17) is 21.1 Å². The lowest BCUT2D eigenvalue weighted by molar-refractivity contribution is -0.155. The molecule has 34 heavy (non-hydrogen) atoms. The molecule has 2 atom stereocenters. The molecular formula is C25H24ClN3O5. The molecule has 8 nitrogen and oxygen atoms in total. The van der Waals surface area contributed by atoms with Crippen LogP contribution in [-0.2, 0) is 16.1 Å². The van der Waals surface area contributed by atoms with Crippen molar-refractivity contribution in [1.82, 2.24) is 9.88 Å². The Morgan fingerprint density at radius 2 is 1.97 bits per heavy atom. The summed E-state index contributed by atoms with van der Waals surface area (Å²) in [6.45, 7) is 0.532. The van der Waals surface area contributed by atoms with Gasteiger partial charge in [-0.15, -0.1) is 0 Å². The molecule has 0 radical (unpaired) electrons. The predicted octanol–water partition coefficient (Wildman–Crippen LogP) is 3.46. The molecule has 0 bridgehead atoms. The second-order valence-corrected chi connectivity index (χ2v) is 8.23. The van der Waals surface area contributed by atoms with E-state index >= 15 is 0 Å². The van der Waals surface area contributed by atoms with Crippen molar-refractivity contribution in [3.05, 3.63) is 88.7 Å². The Kier molecular flexibility index (Phi) is 7.42. The van der Waals surface area contributed by atoms with Crippen molar-refractivity contribution < 1.29 is 24.2 Å². The van der Waals surface area contributed by atoms with Gasteiger partial charge in [0.25, 0.3) is 5.91 Å². The first-order chi connectivity index (χ1) is 16.4. The predicted molar refractivity (Wildman–Crippen MR) is 127 cm³/mol. The molecular weight excluding hydrogens is 458 g/mol. The lowest BCUT2D eigenvalue weighted by Gasteiger charge is -2.38. The van der Waals surface area contributed by atoms with E-state index in [1.165, 1.54) is 12.3 Å². The van der Waals surface area contributed by atoms with Crippen LogP contribution in [0.3, 0.4) is 0 Å². The molecule has 2 aromatic carbocycles. The monoisotopic (exact) mass is 481 g/mol. The molecule has 0 aliphatic carbocycles. The summed E-state index contributed by atoms with van der Waals surface area (Å²) in [5.41, 5.74) is 2.46. The van der Waals surface area contributed by atoms with Gasteiger partial charge in [-0.3, -0.25) is 9.59 Å². The second-order valence-electron chi connectivity index (χ2n) is 7.84. The summed E-state index contributed by atoms with van der Waals surface area (Å²) in [5, 5.41) is 14.1. The maximum atomic E-state index is 12.6. The molecule has 2 heterocycles. The normalized spacial score (nSPS) is 16.7. The number of nitrogens with zero attached hydrogens (tertiary/aromatic N) is 2. The van der Waals surface area contributed by atoms with E-state index < -0.39 is 12.1 Å². The minimum atomic E-state index is -0.966. The second kappa shape index (κ2) is 10.6. The van der Waals surface area contributed by atoms with Gasteiger partial charge in [-0.05, 0) is 47.5 Å². The Hall–Kier alpha value is -3.46. The maximum absolute atomic E-state index is 12.6. The van der Waals surface area contributed by atoms with Crippen LogP contribution in [0.5, 0.6) is 5.75 Å². The number of hydrogen-bond acceptors (Lipinski definition) is 6. The van der Waals surface area contributed by atoms with Gasteiger partial charge in [-0.25, -0.2) is 4.98 Å². The molecule has 9 heteroatoms. The lowest BCUT2D eigenvalue weighted by atomic mass is 9.99. The summed E-state index contributed by atoms with van der Waals surface area (Å²) in [7, 11) is 1.60. The first kappa shape index (κ1) is 23.7. The number of carbonyl (C=O) groups is 2. The van der Waals surface area contributed by atoms with Crippen LogP contribution in [0.25, 0.3) is 0 Å². The first-order valence-electron chi connectivity index (χ1n) is 10.7. The van der Waals surface area contributed by atoms with Crippen molar-refractivity contribution in [1.29, 1.82) is 0 Å². The summed E-state index contributed by atoms with van der Waals surface area (Å²) in [6.07, 6.45) is 0.494.